The molecule has 130 valence electrons. The first-order valence-electron chi connectivity index (χ1n) is 7.51. The van der Waals surface area contributed by atoms with Crippen molar-refractivity contribution < 1.29 is 23.1 Å². The number of hydrogen-bond donors (Lipinski definition) is 1. The lowest BCUT2D eigenvalue weighted by Gasteiger charge is -2.35. The molecule has 0 saturated carbocycles. The van der Waals surface area contributed by atoms with Crippen molar-refractivity contribution in [3.05, 3.63) is 54.1 Å². The number of fused-ring (bicyclic) bond motifs is 1. The number of nitrogens with zero attached hydrogens (tertiary/aromatic N) is 2. The van der Waals surface area contributed by atoms with Crippen molar-refractivity contribution in [1.82, 2.24) is 0 Å². The first kappa shape index (κ1) is 17.0. The fourth-order valence-corrected chi connectivity index (χ4v) is 4.12. The summed E-state index contributed by atoms with van der Waals surface area (Å²) in [5, 5.41) is 9.01. The fraction of sp³-hybridized carbons (Fsp3) is 0.176. The Balaban J connectivity index is 2.09. The third-order valence-electron chi connectivity index (χ3n) is 3.92. The maximum atomic E-state index is 13.0. The van der Waals surface area contributed by atoms with Crippen LogP contribution in [0.5, 0.6) is 0 Å². The van der Waals surface area contributed by atoms with Gasteiger partial charge in [-0.3, -0.25) is 18.8 Å². The number of carboxylic acids is 1. The molecule has 1 aliphatic heterocycles. The van der Waals surface area contributed by atoms with Gasteiger partial charge >= 0.3 is 5.97 Å². The van der Waals surface area contributed by atoms with E-state index in [0.29, 0.717) is 0 Å². The van der Waals surface area contributed by atoms with Gasteiger partial charge in [0.1, 0.15) is 13.1 Å². The van der Waals surface area contributed by atoms with Gasteiger partial charge in [-0.25, -0.2) is 8.42 Å². The zero-order valence-corrected chi connectivity index (χ0v) is 14.2. The van der Waals surface area contributed by atoms with Crippen molar-refractivity contribution in [2.75, 3.05) is 22.3 Å². The van der Waals surface area contributed by atoms with Crippen LogP contribution in [0.15, 0.2) is 53.4 Å². The van der Waals surface area contributed by atoms with E-state index in [9.17, 15) is 18.0 Å². The van der Waals surface area contributed by atoms with Crippen molar-refractivity contribution in [3.8, 4) is 0 Å². The molecule has 0 aliphatic carbocycles. The minimum atomic E-state index is -3.94. The van der Waals surface area contributed by atoms with E-state index in [1.54, 1.807) is 30.3 Å². The number of amides is 1. The van der Waals surface area contributed by atoms with Crippen LogP contribution in [0.25, 0.3) is 0 Å². The summed E-state index contributed by atoms with van der Waals surface area (Å²) in [6.45, 7) is 0.884. The molecule has 8 heteroatoms. The molecule has 0 radical (unpaired) electrons. The summed E-state index contributed by atoms with van der Waals surface area (Å²) in [6, 6.07) is 12.7. The molecule has 7 nitrogen and oxygen atoms in total. The largest absolute Gasteiger partial charge is 0.480 e. The number of benzene rings is 2. The molecule has 0 saturated heterocycles. The van der Waals surface area contributed by atoms with Gasteiger partial charge in [0, 0.05) is 0 Å². The van der Waals surface area contributed by atoms with E-state index in [4.69, 9.17) is 5.11 Å². The molecule has 2 aromatic carbocycles. The van der Waals surface area contributed by atoms with Gasteiger partial charge in [-0.05, 0) is 31.2 Å². The highest BCUT2D eigenvalue weighted by molar-refractivity contribution is 7.92. The lowest BCUT2D eigenvalue weighted by molar-refractivity contribution is -0.136. The van der Waals surface area contributed by atoms with Crippen LogP contribution < -0.4 is 9.21 Å². The monoisotopic (exact) mass is 360 g/mol. The van der Waals surface area contributed by atoms with E-state index in [1.165, 1.54) is 18.2 Å². The number of carbonyl (C=O) groups excluding carboxylic acids is 1. The van der Waals surface area contributed by atoms with Crippen LogP contribution in [0.1, 0.15) is 5.56 Å². The molecular weight excluding hydrogens is 344 g/mol. The molecule has 1 aliphatic rings. The Kier molecular flexibility index (Phi) is 4.22. The van der Waals surface area contributed by atoms with Crippen LogP contribution in [0.3, 0.4) is 0 Å². The van der Waals surface area contributed by atoms with E-state index in [2.05, 4.69) is 0 Å². The maximum Gasteiger partial charge on any atom is 0.323 e. The van der Waals surface area contributed by atoms with Crippen LogP contribution >= 0.6 is 0 Å². The average Bonchev–Trinajstić information content (AvgIpc) is 2.57. The first-order valence-corrected chi connectivity index (χ1v) is 8.95. The zero-order valence-electron chi connectivity index (χ0n) is 13.4. The number of sulfonamides is 1. The standard InChI is InChI=1S/C17H16N2O5S/c1-12-6-8-13(9-7-12)25(23,24)19-10-16(20)18(11-17(21)22)14-4-2-3-5-15(14)19/h2-9H,10-11H2,1H3,(H,21,22). The van der Waals surface area contributed by atoms with Crippen LogP contribution in [0.4, 0.5) is 11.4 Å². The van der Waals surface area contributed by atoms with Crippen LogP contribution in [0, 0.1) is 6.92 Å². The topological polar surface area (TPSA) is 95.0 Å². The molecule has 1 amide bonds. The van der Waals surface area contributed by atoms with Crippen LogP contribution in [0.2, 0.25) is 0 Å². The van der Waals surface area contributed by atoms with Gasteiger partial charge in [0.25, 0.3) is 10.0 Å². The number of rotatable bonds is 4. The summed E-state index contributed by atoms with van der Waals surface area (Å²) in [4.78, 5) is 24.6. The SMILES string of the molecule is Cc1ccc(S(=O)(=O)N2CC(=O)N(CC(=O)O)c3ccccc32)cc1. The maximum absolute atomic E-state index is 13.0. The molecule has 0 bridgehead atoms. The van der Waals surface area contributed by atoms with E-state index >= 15 is 0 Å². The van der Waals surface area contributed by atoms with E-state index in [1.807, 2.05) is 6.92 Å². The smallest absolute Gasteiger partial charge is 0.323 e. The summed E-state index contributed by atoms with van der Waals surface area (Å²) >= 11 is 0. The molecular formula is C17H16N2O5S. The molecule has 3 rings (SSSR count). The molecule has 0 aromatic heterocycles. The van der Waals surface area contributed by atoms with E-state index in [-0.39, 0.29) is 16.3 Å². The molecule has 1 N–H and O–H groups in total. The van der Waals surface area contributed by atoms with Gasteiger partial charge in [-0.2, -0.15) is 0 Å². The van der Waals surface area contributed by atoms with E-state index in [0.717, 1.165) is 14.8 Å². The number of aryl methyl sites for hydroxylation is 1. The Morgan fingerprint density at radius 3 is 2.28 bits per heavy atom. The predicted octanol–water partition coefficient (Wildman–Crippen LogP) is 1.62. The van der Waals surface area contributed by atoms with Gasteiger partial charge in [0.2, 0.25) is 5.91 Å². The molecule has 0 atom stereocenters. The van der Waals surface area contributed by atoms with Gasteiger partial charge in [-0.15, -0.1) is 0 Å². The lowest BCUT2D eigenvalue weighted by Crippen LogP contribution is -2.49. The Bertz CT molecular complexity index is 938. The van der Waals surface area contributed by atoms with Crippen molar-refractivity contribution in [2.24, 2.45) is 0 Å². The molecule has 1 heterocycles. The highest BCUT2D eigenvalue weighted by Crippen LogP contribution is 2.36. The van der Waals surface area contributed by atoms with Crippen LogP contribution in [-0.4, -0.2) is 38.5 Å². The third-order valence-corrected chi connectivity index (χ3v) is 5.70. The summed E-state index contributed by atoms with van der Waals surface area (Å²) < 4.78 is 27.0. The van der Waals surface area contributed by atoms with Crippen molar-refractivity contribution in [1.29, 1.82) is 0 Å². The first-order chi connectivity index (χ1) is 11.8. The molecule has 0 fully saturated rings. The molecule has 0 spiro atoms. The Labute approximate surface area is 145 Å². The second kappa shape index (κ2) is 6.21. The van der Waals surface area contributed by atoms with Gasteiger partial charge in [0.05, 0.1) is 16.3 Å². The lowest BCUT2D eigenvalue weighted by atomic mass is 10.2. The number of aliphatic carboxylic acids is 1. The van der Waals surface area contributed by atoms with Gasteiger partial charge in [-0.1, -0.05) is 29.8 Å². The highest BCUT2D eigenvalue weighted by atomic mass is 32.2. The third kappa shape index (κ3) is 3.08. The Morgan fingerprint density at radius 2 is 1.68 bits per heavy atom. The number of para-hydroxylation sites is 2. The van der Waals surface area contributed by atoms with E-state index < -0.39 is 35.0 Å². The Morgan fingerprint density at radius 1 is 1.08 bits per heavy atom. The quantitative estimate of drug-likeness (QED) is 0.894. The predicted molar refractivity (Wildman–Crippen MR) is 92.1 cm³/mol. The normalized spacial score (nSPS) is 14.4. The van der Waals surface area contributed by atoms with Crippen molar-refractivity contribution >= 4 is 33.3 Å². The van der Waals surface area contributed by atoms with Crippen molar-refractivity contribution in [3.63, 3.8) is 0 Å². The summed E-state index contributed by atoms with van der Waals surface area (Å²) in [5.41, 5.74) is 1.46. The summed E-state index contributed by atoms with van der Waals surface area (Å²) in [7, 11) is -3.94. The Hall–Kier alpha value is -2.87. The molecule has 2 aromatic rings. The minimum absolute atomic E-state index is 0.0763. The highest BCUT2D eigenvalue weighted by Gasteiger charge is 2.36. The van der Waals surface area contributed by atoms with Crippen molar-refractivity contribution in [2.45, 2.75) is 11.8 Å². The summed E-state index contributed by atoms with van der Waals surface area (Å²) in [5.74, 6) is -1.75. The number of hydrogen-bond acceptors (Lipinski definition) is 4. The number of anilines is 2. The summed E-state index contributed by atoms with van der Waals surface area (Å²) in [6.07, 6.45) is 0. The second-order valence-electron chi connectivity index (χ2n) is 5.69. The average molecular weight is 360 g/mol. The second-order valence-corrected chi connectivity index (χ2v) is 7.55. The fourth-order valence-electron chi connectivity index (χ4n) is 2.69. The van der Waals surface area contributed by atoms with Gasteiger partial charge < -0.3 is 5.11 Å². The van der Waals surface area contributed by atoms with Gasteiger partial charge in [0.15, 0.2) is 0 Å². The van der Waals surface area contributed by atoms with Crippen LogP contribution in [-0.2, 0) is 19.6 Å². The molecule has 0 unspecified atom stereocenters. The number of carboxylic acid groups (broad SMARTS) is 1. The molecule has 25 heavy (non-hydrogen) atoms. The minimum Gasteiger partial charge on any atom is -0.480 e. The zero-order chi connectivity index (χ0) is 18.2. The number of carbonyl (C=O) groups is 2.